The average Bonchev–Trinajstić information content (AvgIpc) is 3.11. The Balaban J connectivity index is 1.55. The lowest BCUT2D eigenvalue weighted by atomic mass is 10.1. The molecule has 250 valence electrons. The number of thioether (sulfide) groups is 1. The van der Waals surface area contributed by atoms with E-state index in [1.54, 1.807) is 72.8 Å². The van der Waals surface area contributed by atoms with Crippen molar-refractivity contribution in [3.8, 4) is 23.0 Å². The van der Waals surface area contributed by atoms with E-state index in [4.69, 9.17) is 18.9 Å². The second-order valence-electron chi connectivity index (χ2n) is 10.3. The molecule has 0 aliphatic heterocycles. The summed E-state index contributed by atoms with van der Waals surface area (Å²) in [5.74, 6) is 0.744. The van der Waals surface area contributed by atoms with Crippen LogP contribution in [0.5, 0.6) is 23.0 Å². The number of hydrogen-bond donors (Lipinski definition) is 3. The van der Waals surface area contributed by atoms with Crippen molar-refractivity contribution in [1.82, 2.24) is 5.32 Å². The Morgan fingerprint density at radius 3 is 2.06 bits per heavy atom. The van der Waals surface area contributed by atoms with Crippen LogP contribution in [0.15, 0.2) is 102 Å². The lowest BCUT2D eigenvalue weighted by Gasteiger charge is -2.16. The summed E-state index contributed by atoms with van der Waals surface area (Å²) in [5, 5.41) is 8.20. The molecular formula is C37H39N3O7S. The van der Waals surface area contributed by atoms with Crippen LogP contribution in [0.25, 0.3) is 6.08 Å². The number of rotatable bonds is 15. The van der Waals surface area contributed by atoms with E-state index in [9.17, 15) is 14.4 Å². The maximum Gasteiger partial charge on any atom is 0.272 e. The molecule has 0 bridgehead atoms. The van der Waals surface area contributed by atoms with E-state index in [0.29, 0.717) is 52.8 Å². The zero-order valence-electron chi connectivity index (χ0n) is 27.5. The Morgan fingerprint density at radius 2 is 1.46 bits per heavy atom. The van der Waals surface area contributed by atoms with E-state index < -0.39 is 11.8 Å². The van der Waals surface area contributed by atoms with E-state index in [-0.39, 0.29) is 16.9 Å². The zero-order valence-corrected chi connectivity index (χ0v) is 28.3. The molecule has 0 aliphatic rings. The molecule has 0 aromatic heterocycles. The molecule has 1 unspecified atom stereocenters. The number of carbonyl (C=O) groups is 3. The second-order valence-corrected chi connectivity index (χ2v) is 11.6. The Morgan fingerprint density at radius 1 is 0.771 bits per heavy atom. The van der Waals surface area contributed by atoms with E-state index in [0.717, 1.165) is 10.6 Å². The standard InChI is InChI=1S/C37H39N3O7S/c1-6-33(37(43)38-26-16-18-28(19-17-26)47-7-2)48-29-15-11-14-27(23-29)39-36(42)30(40-35(41)25-12-9-8-10-13-25)20-24-21-31(44-3)34(46-5)32(22-24)45-4/h8-23,33H,6-7H2,1-5H3,(H,38,43)(H,39,42)(H,40,41)/b30-20+. The van der Waals surface area contributed by atoms with Gasteiger partial charge in [-0.25, -0.2) is 0 Å². The third-order valence-corrected chi connectivity index (χ3v) is 8.35. The highest BCUT2D eigenvalue weighted by Crippen LogP contribution is 2.38. The van der Waals surface area contributed by atoms with Gasteiger partial charge in [-0.15, -0.1) is 11.8 Å². The Hall–Kier alpha value is -5.42. The van der Waals surface area contributed by atoms with Gasteiger partial charge in [0.05, 0.1) is 33.2 Å². The van der Waals surface area contributed by atoms with Crippen LogP contribution in [0, 0.1) is 0 Å². The van der Waals surface area contributed by atoms with Crippen molar-refractivity contribution in [2.75, 3.05) is 38.6 Å². The molecule has 4 rings (SSSR count). The van der Waals surface area contributed by atoms with Gasteiger partial charge in [-0.3, -0.25) is 14.4 Å². The molecule has 0 aliphatic carbocycles. The summed E-state index contributed by atoms with van der Waals surface area (Å²) < 4.78 is 21.8. The maximum atomic E-state index is 13.7. The van der Waals surface area contributed by atoms with Crippen LogP contribution in [-0.2, 0) is 9.59 Å². The molecule has 1 atom stereocenters. The van der Waals surface area contributed by atoms with Gasteiger partial charge in [0.1, 0.15) is 11.4 Å². The molecule has 3 N–H and O–H groups in total. The van der Waals surface area contributed by atoms with Crippen LogP contribution >= 0.6 is 11.8 Å². The normalized spacial score (nSPS) is 11.6. The van der Waals surface area contributed by atoms with Crippen molar-refractivity contribution in [2.24, 2.45) is 0 Å². The predicted molar refractivity (Wildman–Crippen MR) is 189 cm³/mol. The average molecular weight is 670 g/mol. The smallest absolute Gasteiger partial charge is 0.272 e. The summed E-state index contributed by atoms with van der Waals surface area (Å²) in [5.41, 5.74) is 2.05. The number of anilines is 2. The third kappa shape index (κ3) is 9.55. The minimum atomic E-state index is -0.560. The van der Waals surface area contributed by atoms with Crippen LogP contribution in [0.3, 0.4) is 0 Å². The number of ether oxygens (including phenoxy) is 4. The minimum absolute atomic E-state index is 0.0163. The number of amides is 3. The highest BCUT2D eigenvalue weighted by atomic mass is 32.2. The SMILES string of the molecule is CCOc1ccc(NC(=O)C(CC)Sc2cccc(NC(=O)/C(=C\c3cc(OC)c(OC)c(OC)c3)NC(=O)c3ccccc3)c2)cc1. The number of hydrogen-bond acceptors (Lipinski definition) is 8. The largest absolute Gasteiger partial charge is 0.494 e. The summed E-state index contributed by atoms with van der Waals surface area (Å²) in [6.45, 7) is 4.42. The number of methoxy groups -OCH3 is 3. The van der Waals surface area contributed by atoms with Gasteiger partial charge in [0.25, 0.3) is 11.8 Å². The van der Waals surface area contributed by atoms with Crippen LogP contribution in [0.2, 0.25) is 0 Å². The lowest BCUT2D eigenvalue weighted by Crippen LogP contribution is -2.30. The van der Waals surface area contributed by atoms with Gasteiger partial charge in [-0.1, -0.05) is 31.2 Å². The number of benzene rings is 4. The third-order valence-electron chi connectivity index (χ3n) is 6.99. The summed E-state index contributed by atoms with van der Waals surface area (Å²) in [4.78, 5) is 40.8. The fourth-order valence-electron chi connectivity index (χ4n) is 4.65. The molecule has 4 aromatic rings. The molecule has 10 nitrogen and oxygen atoms in total. The highest BCUT2D eigenvalue weighted by molar-refractivity contribution is 8.00. The first-order valence-corrected chi connectivity index (χ1v) is 16.2. The molecule has 4 aromatic carbocycles. The fraction of sp³-hybridized carbons (Fsp3) is 0.216. The van der Waals surface area contributed by atoms with Crippen molar-refractivity contribution in [3.63, 3.8) is 0 Å². The van der Waals surface area contributed by atoms with Crippen molar-refractivity contribution >= 4 is 46.9 Å². The minimum Gasteiger partial charge on any atom is -0.494 e. The summed E-state index contributed by atoms with van der Waals surface area (Å²) in [6.07, 6.45) is 2.11. The highest BCUT2D eigenvalue weighted by Gasteiger charge is 2.20. The lowest BCUT2D eigenvalue weighted by molar-refractivity contribution is -0.116. The summed E-state index contributed by atoms with van der Waals surface area (Å²) in [6, 6.07) is 26.3. The van der Waals surface area contributed by atoms with Gasteiger partial charge in [0.15, 0.2) is 11.5 Å². The van der Waals surface area contributed by atoms with Crippen molar-refractivity contribution in [3.05, 3.63) is 108 Å². The molecule has 48 heavy (non-hydrogen) atoms. The van der Waals surface area contributed by atoms with E-state index in [2.05, 4.69) is 16.0 Å². The molecule has 0 spiro atoms. The number of carbonyl (C=O) groups excluding carboxylic acids is 3. The molecule has 0 saturated carbocycles. The Labute approximate surface area is 284 Å². The van der Waals surface area contributed by atoms with Crippen molar-refractivity contribution in [1.29, 1.82) is 0 Å². The van der Waals surface area contributed by atoms with Crippen LogP contribution < -0.4 is 34.9 Å². The molecule has 0 heterocycles. The van der Waals surface area contributed by atoms with Crippen LogP contribution in [0.1, 0.15) is 36.2 Å². The van der Waals surface area contributed by atoms with Crippen LogP contribution in [0.4, 0.5) is 11.4 Å². The van der Waals surface area contributed by atoms with E-state index in [1.807, 2.05) is 32.0 Å². The van der Waals surface area contributed by atoms with Gasteiger partial charge < -0.3 is 34.9 Å². The van der Waals surface area contributed by atoms with Crippen molar-refractivity contribution in [2.45, 2.75) is 30.4 Å². The molecule has 0 fully saturated rings. The molecular weight excluding hydrogens is 630 g/mol. The van der Waals surface area contributed by atoms with E-state index >= 15 is 0 Å². The van der Waals surface area contributed by atoms with Gasteiger partial charge >= 0.3 is 0 Å². The summed E-state index contributed by atoms with van der Waals surface area (Å²) in [7, 11) is 4.49. The van der Waals surface area contributed by atoms with Gasteiger partial charge in [0.2, 0.25) is 11.7 Å². The first kappa shape index (κ1) is 35.4. The quantitative estimate of drug-likeness (QED) is 0.0911. The zero-order chi connectivity index (χ0) is 34.5. The molecule has 0 radical (unpaired) electrons. The maximum absolute atomic E-state index is 13.7. The van der Waals surface area contributed by atoms with Crippen LogP contribution in [-0.4, -0.2) is 50.9 Å². The van der Waals surface area contributed by atoms with Gasteiger partial charge in [0, 0.05) is 21.8 Å². The first-order chi connectivity index (χ1) is 23.3. The summed E-state index contributed by atoms with van der Waals surface area (Å²) >= 11 is 1.39. The predicted octanol–water partition coefficient (Wildman–Crippen LogP) is 7.03. The van der Waals surface area contributed by atoms with E-state index in [1.165, 1.54) is 39.2 Å². The molecule has 3 amide bonds. The number of nitrogens with one attached hydrogen (secondary N) is 3. The molecule has 11 heteroatoms. The topological polar surface area (TPSA) is 124 Å². The second kappa shape index (κ2) is 17.5. The fourth-order valence-corrected chi connectivity index (χ4v) is 5.66. The monoisotopic (exact) mass is 669 g/mol. The van der Waals surface area contributed by atoms with Crippen molar-refractivity contribution < 1.29 is 33.3 Å². The Kier molecular flexibility index (Phi) is 12.9. The molecule has 0 saturated heterocycles. The first-order valence-electron chi connectivity index (χ1n) is 15.3. The van der Waals surface area contributed by atoms with Gasteiger partial charge in [-0.2, -0.15) is 0 Å². The van der Waals surface area contributed by atoms with Gasteiger partial charge in [-0.05, 0) is 91.7 Å². The Bertz CT molecular complexity index is 1720.